The Kier molecular flexibility index (Phi) is 5.15. The summed E-state index contributed by atoms with van der Waals surface area (Å²) in [5.41, 5.74) is 1.21. The van der Waals surface area contributed by atoms with E-state index in [4.69, 9.17) is 9.47 Å². The Morgan fingerprint density at radius 3 is 2.74 bits per heavy atom. The molecule has 1 heterocycles. The highest BCUT2D eigenvalue weighted by Crippen LogP contribution is 2.34. The van der Waals surface area contributed by atoms with E-state index in [0.717, 1.165) is 24.2 Å². The number of ether oxygens (including phenoxy) is 2. The lowest BCUT2D eigenvalue weighted by Gasteiger charge is -2.32. The quantitative estimate of drug-likeness (QED) is 0.787. The van der Waals surface area contributed by atoms with E-state index >= 15 is 0 Å². The topological polar surface area (TPSA) is 81.7 Å². The van der Waals surface area contributed by atoms with Crippen molar-refractivity contribution in [3.05, 3.63) is 53.6 Å². The molecule has 2 aromatic carbocycles. The maximum atomic E-state index is 12.8. The molecule has 0 spiro atoms. The third kappa shape index (κ3) is 4.42. The van der Waals surface area contributed by atoms with Crippen LogP contribution in [-0.2, 0) is 21.2 Å². The summed E-state index contributed by atoms with van der Waals surface area (Å²) >= 11 is 0. The van der Waals surface area contributed by atoms with Crippen molar-refractivity contribution >= 4 is 21.7 Å². The summed E-state index contributed by atoms with van der Waals surface area (Å²) in [5, 5.41) is 0. The van der Waals surface area contributed by atoms with E-state index < -0.39 is 16.0 Å². The molecule has 1 N–H and O–H groups in total. The summed E-state index contributed by atoms with van der Waals surface area (Å²) in [7, 11) is -3.79. The summed E-state index contributed by atoms with van der Waals surface area (Å²) in [6, 6.07) is 11.1. The van der Waals surface area contributed by atoms with Gasteiger partial charge in [0, 0.05) is 5.69 Å². The standard InChI is InChI=1S/C20H23NO5S/c1-4-25-19(22)15-6-5-7-16(12-15)21-27(23,24)17-8-9-18-14(13-17)10-11-20(2,3)26-18/h5-9,12-13,21H,4,10-11H2,1-3H3. The zero-order valence-electron chi connectivity index (χ0n) is 15.6. The molecule has 0 saturated heterocycles. The fourth-order valence-electron chi connectivity index (χ4n) is 2.94. The zero-order chi connectivity index (χ0) is 19.7. The van der Waals surface area contributed by atoms with Crippen molar-refractivity contribution in [1.82, 2.24) is 0 Å². The summed E-state index contributed by atoms with van der Waals surface area (Å²) in [6.45, 7) is 5.99. The van der Waals surface area contributed by atoms with Crippen LogP contribution in [-0.4, -0.2) is 26.6 Å². The number of fused-ring (bicyclic) bond motifs is 1. The number of carbonyl (C=O) groups excluding carboxylic acids is 1. The van der Waals surface area contributed by atoms with Gasteiger partial charge in [-0.1, -0.05) is 6.07 Å². The van der Waals surface area contributed by atoms with Crippen LogP contribution in [0.15, 0.2) is 47.4 Å². The second kappa shape index (κ2) is 7.23. The van der Waals surface area contributed by atoms with Crippen LogP contribution >= 0.6 is 0 Å². The number of nitrogens with one attached hydrogen (secondary N) is 1. The van der Waals surface area contributed by atoms with Crippen molar-refractivity contribution in [2.24, 2.45) is 0 Å². The first kappa shape index (κ1) is 19.2. The number of carbonyl (C=O) groups is 1. The molecule has 0 unspecified atom stereocenters. The molecule has 0 fully saturated rings. The minimum atomic E-state index is -3.79. The number of esters is 1. The van der Waals surface area contributed by atoms with Crippen LogP contribution in [0.25, 0.3) is 0 Å². The third-order valence-corrected chi connectivity index (χ3v) is 5.73. The molecule has 0 amide bonds. The van der Waals surface area contributed by atoms with Gasteiger partial charge >= 0.3 is 5.97 Å². The molecule has 144 valence electrons. The summed E-state index contributed by atoms with van der Waals surface area (Å²) in [5.74, 6) is 0.224. The van der Waals surface area contributed by atoms with Crippen molar-refractivity contribution < 1.29 is 22.7 Å². The van der Waals surface area contributed by atoms with Gasteiger partial charge in [0.1, 0.15) is 11.4 Å². The van der Waals surface area contributed by atoms with Gasteiger partial charge in [-0.15, -0.1) is 0 Å². The number of rotatable bonds is 5. The molecule has 0 radical (unpaired) electrons. The predicted octanol–water partition coefficient (Wildman–Crippen LogP) is 3.77. The van der Waals surface area contributed by atoms with Gasteiger partial charge in [-0.25, -0.2) is 13.2 Å². The monoisotopic (exact) mass is 389 g/mol. The number of hydrogen-bond acceptors (Lipinski definition) is 5. The molecule has 0 atom stereocenters. The first-order chi connectivity index (χ1) is 12.7. The zero-order valence-corrected chi connectivity index (χ0v) is 16.4. The Morgan fingerprint density at radius 2 is 2.00 bits per heavy atom. The molecular formula is C20H23NO5S. The Bertz CT molecular complexity index is 966. The van der Waals surface area contributed by atoms with Crippen molar-refractivity contribution in [3.8, 4) is 5.75 Å². The lowest BCUT2D eigenvalue weighted by molar-refractivity contribution is 0.0526. The lowest BCUT2D eigenvalue weighted by atomic mass is 9.94. The molecule has 0 bridgehead atoms. The van der Waals surface area contributed by atoms with Crippen LogP contribution in [0.5, 0.6) is 5.75 Å². The second-order valence-electron chi connectivity index (χ2n) is 7.04. The molecule has 0 saturated carbocycles. The SMILES string of the molecule is CCOC(=O)c1cccc(NS(=O)(=O)c2ccc3c(c2)CCC(C)(C)O3)c1. The van der Waals surface area contributed by atoms with Gasteiger partial charge in [0.25, 0.3) is 10.0 Å². The molecule has 7 heteroatoms. The first-order valence-corrected chi connectivity index (χ1v) is 10.3. The van der Waals surface area contributed by atoms with Crippen molar-refractivity contribution in [3.63, 3.8) is 0 Å². The fourth-order valence-corrected chi connectivity index (χ4v) is 4.04. The van der Waals surface area contributed by atoms with Gasteiger partial charge in [0.2, 0.25) is 0 Å². The average molecular weight is 389 g/mol. The fraction of sp³-hybridized carbons (Fsp3) is 0.350. The van der Waals surface area contributed by atoms with E-state index in [2.05, 4.69) is 4.72 Å². The minimum Gasteiger partial charge on any atom is -0.488 e. The third-order valence-electron chi connectivity index (χ3n) is 4.35. The van der Waals surface area contributed by atoms with Crippen molar-refractivity contribution in [2.45, 2.75) is 44.1 Å². The molecule has 6 nitrogen and oxygen atoms in total. The molecule has 1 aliphatic heterocycles. The van der Waals surface area contributed by atoms with Gasteiger partial charge in [-0.3, -0.25) is 4.72 Å². The number of aryl methyl sites for hydroxylation is 1. The molecular weight excluding hydrogens is 366 g/mol. The van der Waals surface area contributed by atoms with Crippen LogP contribution < -0.4 is 9.46 Å². The van der Waals surface area contributed by atoms with Gasteiger partial charge < -0.3 is 9.47 Å². The molecule has 3 rings (SSSR count). The number of benzene rings is 2. The largest absolute Gasteiger partial charge is 0.488 e. The van der Waals surface area contributed by atoms with Gasteiger partial charge in [-0.2, -0.15) is 0 Å². The average Bonchev–Trinajstić information content (AvgIpc) is 2.60. The highest BCUT2D eigenvalue weighted by atomic mass is 32.2. The maximum absolute atomic E-state index is 12.8. The highest BCUT2D eigenvalue weighted by Gasteiger charge is 2.27. The van der Waals surface area contributed by atoms with Crippen molar-refractivity contribution in [1.29, 1.82) is 0 Å². The van der Waals surface area contributed by atoms with E-state index in [0.29, 0.717) is 5.69 Å². The number of hydrogen-bond donors (Lipinski definition) is 1. The molecule has 0 aliphatic carbocycles. The van der Waals surface area contributed by atoms with Gasteiger partial charge in [-0.05, 0) is 75.6 Å². The van der Waals surface area contributed by atoms with Crippen LogP contribution in [0.3, 0.4) is 0 Å². The molecule has 1 aliphatic rings. The van der Waals surface area contributed by atoms with Crippen LogP contribution in [0, 0.1) is 0 Å². The Balaban J connectivity index is 1.84. The van der Waals surface area contributed by atoms with Crippen LogP contribution in [0.4, 0.5) is 5.69 Å². The van der Waals surface area contributed by atoms with Crippen LogP contribution in [0.1, 0.15) is 43.1 Å². The first-order valence-electron chi connectivity index (χ1n) is 8.82. The molecule has 27 heavy (non-hydrogen) atoms. The predicted molar refractivity (Wildman–Crippen MR) is 103 cm³/mol. The maximum Gasteiger partial charge on any atom is 0.338 e. The normalized spacial score (nSPS) is 15.4. The minimum absolute atomic E-state index is 0.158. The van der Waals surface area contributed by atoms with E-state index in [9.17, 15) is 13.2 Å². The summed E-state index contributed by atoms with van der Waals surface area (Å²) in [6.07, 6.45) is 1.57. The summed E-state index contributed by atoms with van der Waals surface area (Å²) < 4.78 is 38.9. The van der Waals surface area contributed by atoms with Gasteiger partial charge in [0.15, 0.2) is 0 Å². The van der Waals surface area contributed by atoms with Crippen LogP contribution in [0.2, 0.25) is 0 Å². The van der Waals surface area contributed by atoms with Gasteiger partial charge in [0.05, 0.1) is 17.1 Å². The number of sulfonamides is 1. The lowest BCUT2D eigenvalue weighted by Crippen LogP contribution is -2.32. The Morgan fingerprint density at radius 1 is 1.22 bits per heavy atom. The molecule has 2 aromatic rings. The summed E-state index contributed by atoms with van der Waals surface area (Å²) in [4.78, 5) is 12.0. The van der Waals surface area contributed by atoms with E-state index in [1.807, 2.05) is 13.8 Å². The van der Waals surface area contributed by atoms with E-state index in [1.165, 1.54) is 12.1 Å². The van der Waals surface area contributed by atoms with Crippen molar-refractivity contribution in [2.75, 3.05) is 11.3 Å². The Hall–Kier alpha value is -2.54. The smallest absolute Gasteiger partial charge is 0.338 e. The second-order valence-corrected chi connectivity index (χ2v) is 8.72. The molecule has 0 aromatic heterocycles. The Labute approximate surface area is 159 Å². The highest BCUT2D eigenvalue weighted by molar-refractivity contribution is 7.92. The number of anilines is 1. The van der Waals surface area contributed by atoms with E-state index in [1.54, 1.807) is 37.3 Å². The van der Waals surface area contributed by atoms with E-state index in [-0.39, 0.29) is 22.7 Å².